The topological polar surface area (TPSA) is 124 Å². The van der Waals surface area contributed by atoms with Gasteiger partial charge in [-0.25, -0.2) is 19.2 Å². The molecule has 10 rings (SSSR count). The minimum atomic E-state index is -1.46. The van der Waals surface area contributed by atoms with Crippen LogP contribution in [0.4, 0.5) is 0 Å². The predicted molar refractivity (Wildman–Crippen MR) is 160 cm³/mol. The third-order valence-corrected chi connectivity index (χ3v) is 16.0. The first-order valence-corrected chi connectivity index (χ1v) is 16.9. The Labute approximate surface area is 272 Å². The van der Waals surface area contributed by atoms with E-state index in [0.29, 0.717) is 6.42 Å². The number of fused-ring (bicyclic) bond motifs is 30. The molecule has 6 saturated carbocycles. The lowest BCUT2D eigenvalue weighted by molar-refractivity contribution is -0.192. The first kappa shape index (κ1) is 28.7. The third kappa shape index (κ3) is 2.38. The van der Waals surface area contributed by atoms with Crippen molar-refractivity contribution in [1.29, 1.82) is 0 Å². The molecular weight excluding hydrogens is 604 g/mol. The largest absolute Gasteiger partial charge is 0.467 e. The van der Waals surface area contributed by atoms with Crippen LogP contribution in [0.1, 0.15) is 19.3 Å². The van der Waals surface area contributed by atoms with Gasteiger partial charge in [0.1, 0.15) is 0 Å². The monoisotopic (exact) mass is 644 g/mol. The quantitative estimate of drug-likeness (QED) is 0.334. The van der Waals surface area contributed by atoms with Crippen LogP contribution >= 0.6 is 0 Å². The average Bonchev–Trinajstić information content (AvgIpc) is 3.92. The van der Waals surface area contributed by atoms with E-state index in [9.17, 15) is 19.2 Å². The van der Waals surface area contributed by atoms with E-state index in [1.807, 2.05) is 0 Å². The number of esters is 4. The maximum absolute atomic E-state index is 14.4. The molecule has 10 unspecified atom stereocenters. The van der Waals surface area contributed by atoms with E-state index >= 15 is 0 Å². The van der Waals surface area contributed by atoms with Crippen molar-refractivity contribution in [3.63, 3.8) is 0 Å². The number of hydrogen-bond donors (Lipinski definition) is 0. The molecule has 0 amide bonds. The van der Waals surface area contributed by atoms with Gasteiger partial charge in [-0.05, 0) is 77.1 Å². The van der Waals surface area contributed by atoms with Crippen LogP contribution in [0, 0.1) is 82.9 Å². The van der Waals surface area contributed by atoms with Gasteiger partial charge in [-0.2, -0.15) is 0 Å². The summed E-state index contributed by atoms with van der Waals surface area (Å²) in [4.78, 5) is 57.6. The molecule has 4 aliphatic heterocycles. The molecule has 10 fully saturated rings. The molecular formula is C37H40O10. The maximum atomic E-state index is 14.4. The molecule has 0 aromatic carbocycles. The van der Waals surface area contributed by atoms with Gasteiger partial charge >= 0.3 is 23.9 Å². The number of rotatable bonds is 4. The molecule has 10 bridgehead atoms. The van der Waals surface area contributed by atoms with Gasteiger partial charge in [0.25, 0.3) is 0 Å². The summed E-state index contributed by atoms with van der Waals surface area (Å²) >= 11 is 0. The minimum Gasteiger partial charge on any atom is -0.467 e. The fourth-order valence-corrected chi connectivity index (χ4v) is 15.4. The number of carbonyl (C=O) groups excluding carboxylic acids is 4. The number of allylic oxidation sites excluding steroid dienone is 4. The number of hydrogen-bond acceptors (Lipinski definition) is 10. The van der Waals surface area contributed by atoms with Crippen LogP contribution in [-0.4, -0.2) is 74.7 Å². The SMILES string of the molecule is C=C1C(=C)[C@@H]2C[C@H]1C1C2[C@]2(C(=O)OC)O[C@@]1(C(=O)OC)C1C3CC(C12)C1C3[C@@]2(C(=O)OC)O[C@]1(C(=O)OC)C1C2[C@H]2C[C@@H]1C(=C)C2=C. The maximum Gasteiger partial charge on any atom is 0.338 e. The second-order valence-electron chi connectivity index (χ2n) is 16.1. The van der Waals surface area contributed by atoms with E-state index in [-0.39, 0.29) is 59.2 Å². The molecule has 0 N–H and O–H groups in total. The molecule has 0 spiro atoms. The lowest BCUT2D eigenvalue weighted by Crippen LogP contribution is -2.68. The van der Waals surface area contributed by atoms with Crippen molar-refractivity contribution in [3.8, 4) is 0 Å². The summed E-state index contributed by atoms with van der Waals surface area (Å²) in [5.74, 6) is -6.42. The molecule has 10 nitrogen and oxygen atoms in total. The van der Waals surface area contributed by atoms with Crippen molar-refractivity contribution >= 4 is 23.9 Å². The van der Waals surface area contributed by atoms with Crippen LogP contribution in [0.5, 0.6) is 0 Å². The van der Waals surface area contributed by atoms with E-state index in [0.717, 1.165) is 35.1 Å². The van der Waals surface area contributed by atoms with E-state index in [1.54, 1.807) is 0 Å². The van der Waals surface area contributed by atoms with Crippen molar-refractivity contribution in [3.05, 3.63) is 48.6 Å². The summed E-state index contributed by atoms with van der Waals surface area (Å²) in [6.45, 7) is 17.5. The van der Waals surface area contributed by atoms with E-state index in [1.165, 1.54) is 28.4 Å². The summed E-state index contributed by atoms with van der Waals surface area (Å²) in [6.07, 6.45) is 2.06. The first-order valence-electron chi connectivity index (χ1n) is 16.9. The van der Waals surface area contributed by atoms with E-state index in [2.05, 4.69) is 26.3 Å². The van der Waals surface area contributed by atoms with Gasteiger partial charge in [0, 0.05) is 47.3 Å². The van der Waals surface area contributed by atoms with Gasteiger partial charge in [-0.15, -0.1) is 0 Å². The standard InChI is InChI=1S/C37H40O10/c1-12-13(2)17-9-16(12)22-23(17)35(31(39)43-6)27-21-11-20(26(27)34(22,46-35)30(38)42-5)28-29(21)37(33(41)45-8)25-19-10-18(14(3)15(19)4)24(25)36(28,47-37)32(40)44-7/h16-29H,1-4,9-11H2,5-8H3/t16-,17+,18+,19-,20?,21?,22?,23?,24?,25?,26?,27?,28?,29?,34-,35+,36+,37-. The zero-order valence-corrected chi connectivity index (χ0v) is 27.1. The lowest BCUT2D eigenvalue weighted by atomic mass is 9.42. The fraction of sp³-hybridized carbons (Fsp3) is 0.676. The first-order chi connectivity index (χ1) is 22.4. The number of carbonyl (C=O) groups is 4. The van der Waals surface area contributed by atoms with E-state index in [4.69, 9.17) is 28.4 Å². The van der Waals surface area contributed by atoms with Crippen LogP contribution < -0.4 is 0 Å². The normalized spacial score (nSPS) is 56.9. The van der Waals surface area contributed by atoms with Crippen molar-refractivity contribution in [1.82, 2.24) is 0 Å². The molecule has 248 valence electrons. The Kier molecular flexibility index (Phi) is 4.97. The van der Waals surface area contributed by atoms with Gasteiger partial charge in [0.05, 0.1) is 28.4 Å². The molecule has 18 atom stereocenters. The zero-order valence-electron chi connectivity index (χ0n) is 27.1. The summed E-state index contributed by atoms with van der Waals surface area (Å²) in [7, 11) is 5.44. The minimum absolute atomic E-state index is 0.101. The van der Waals surface area contributed by atoms with Crippen LogP contribution in [0.15, 0.2) is 48.6 Å². The zero-order chi connectivity index (χ0) is 33.1. The van der Waals surface area contributed by atoms with E-state index < -0.39 is 70.0 Å². The Morgan fingerprint density at radius 1 is 0.468 bits per heavy atom. The van der Waals surface area contributed by atoms with Crippen LogP contribution in [-0.2, 0) is 47.6 Å². The molecule has 0 aromatic heterocycles. The van der Waals surface area contributed by atoms with Gasteiger partial charge < -0.3 is 28.4 Å². The summed E-state index contributed by atoms with van der Waals surface area (Å²) < 4.78 is 36.6. The molecule has 4 heterocycles. The average molecular weight is 645 g/mol. The Hall–Kier alpha value is -3.24. The Morgan fingerprint density at radius 3 is 0.915 bits per heavy atom. The van der Waals surface area contributed by atoms with Crippen molar-refractivity contribution in [2.45, 2.75) is 41.7 Å². The van der Waals surface area contributed by atoms with Gasteiger partial charge in [-0.3, -0.25) is 0 Å². The van der Waals surface area contributed by atoms with Gasteiger partial charge in [-0.1, -0.05) is 26.3 Å². The highest BCUT2D eigenvalue weighted by molar-refractivity contribution is 5.93. The smallest absolute Gasteiger partial charge is 0.338 e. The Morgan fingerprint density at radius 2 is 0.702 bits per heavy atom. The highest BCUT2D eigenvalue weighted by atomic mass is 16.6. The van der Waals surface area contributed by atoms with Crippen LogP contribution in [0.25, 0.3) is 0 Å². The molecule has 47 heavy (non-hydrogen) atoms. The van der Waals surface area contributed by atoms with Crippen molar-refractivity contribution < 1.29 is 47.6 Å². The fourth-order valence-electron chi connectivity index (χ4n) is 15.4. The molecule has 6 aliphatic carbocycles. The molecule has 10 heteroatoms. The summed E-state index contributed by atoms with van der Waals surface area (Å²) in [6, 6.07) is 0. The lowest BCUT2D eigenvalue weighted by Gasteiger charge is -2.56. The second kappa shape index (κ2) is 8.13. The summed E-state index contributed by atoms with van der Waals surface area (Å²) in [5, 5.41) is 0. The predicted octanol–water partition coefficient (Wildman–Crippen LogP) is 2.82. The van der Waals surface area contributed by atoms with Crippen molar-refractivity contribution in [2.75, 3.05) is 28.4 Å². The number of ether oxygens (including phenoxy) is 6. The number of methoxy groups -OCH3 is 4. The molecule has 10 aliphatic rings. The molecule has 0 aromatic rings. The Balaban J connectivity index is 1.23. The highest BCUT2D eigenvalue weighted by Gasteiger charge is 2.97. The summed E-state index contributed by atoms with van der Waals surface area (Å²) in [5.41, 5.74) is -2.26. The van der Waals surface area contributed by atoms with Crippen LogP contribution in [0.2, 0.25) is 0 Å². The van der Waals surface area contributed by atoms with Gasteiger partial charge in [0.2, 0.25) is 0 Å². The van der Waals surface area contributed by atoms with Gasteiger partial charge in [0.15, 0.2) is 22.4 Å². The highest BCUT2D eigenvalue weighted by Crippen LogP contribution is 2.87. The van der Waals surface area contributed by atoms with Crippen LogP contribution in [0.3, 0.4) is 0 Å². The molecule has 4 saturated heterocycles. The van der Waals surface area contributed by atoms with Crippen molar-refractivity contribution in [2.24, 2.45) is 82.9 Å². The molecule has 0 radical (unpaired) electrons. The Bertz CT molecular complexity index is 1470. The second-order valence-corrected chi connectivity index (χ2v) is 16.1. The third-order valence-electron chi connectivity index (χ3n) is 16.0.